The molecule has 2 heterocycles. The van der Waals surface area contributed by atoms with Crippen molar-refractivity contribution in [2.24, 2.45) is 0 Å². The monoisotopic (exact) mass is 256 g/mol. The minimum absolute atomic E-state index is 0.684. The van der Waals surface area contributed by atoms with Gasteiger partial charge in [-0.25, -0.2) is 4.98 Å². The number of nitrogens with one attached hydrogen (secondary N) is 1. The van der Waals surface area contributed by atoms with Gasteiger partial charge >= 0.3 is 0 Å². The fourth-order valence-electron chi connectivity index (χ4n) is 2.24. The van der Waals surface area contributed by atoms with Gasteiger partial charge in [0.15, 0.2) is 0 Å². The number of rotatable bonds is 5. The van der Waals surface area contributed by atoms with E-state index in [1.807, 2.05) is 24.3 Å². The summed E-state index contributed by atoms with van der Waals surface area (Å²) < 4.78 is 7.03. The van der Waals surface area contributed by atoms with Gasteiger partial charge in [-0.15, -0.1) is 0 Å². The van der Waals surface area contributed by atoms with Crippen molar-refractivity contribution < 1.29 is 4.52 Å². The molecule has 1 aromatic carbocycles. The van der Waals surface area contributed by atoms with Crippen LogP contribution in [-0.4, -0.2) is 14.7 Å². The standard InChI is InChI=1S/C14H16N4O/c1-2-18-13-6-4-3-5-12(13)16-14(18)10-15-9-11-7-8-19-17-11/h3-8,15H,2,9-10H2,1H3. The van der Waals surface area contributed by atoms with Crippen LogP contribution in [-0.2, 0) is 19.6 Å². The van der Waals surface area contributed by atoms with E-state index in [2.05, 4.69) is 33.0 Å². The minimum atomic E-state index is 0.684. The highest BCUT2D eigenvalue weighted by Gasteiger charge is 2.08. The molecule has 0 saturated heterocycles. The largest absolute Gasteiger partial charge is 0.364 e. The lowest BCUT2D eigenvalue weighted by atomic mass is 10.3. The summed E-state index contributed by atoms with van der Waals surface area (Å²) in [4.78, 5) is 4.66. The van der Waals surface area contributed by atoms with Gasteiger partial charge in [-0.1, -0.05) is 17.3 Å². The lowest BCUT2D eigenvalue weighted by molar-refractivity contribution is 0.408. The van der Waals surface area contributed by atoms with Crippen molar-refractivity contribution in [1.82, 2.24) is 20.0 Å². The number of nitrogens with zero attached hydrogens (tertiary/aromatic N) is 3. The van der Waals surface area contributed by atoms with Crippen molar-refractivity contribution in [3.05, 3.63) is 48.1 Å². The van der Waals surface area contributed by atoms with Crippen LogP contribution >= 0.6 is 0 Å². The van der Waals surface area contributed by atoms with E-state index >= 15 is 0 Å². The van der Waals surface area contributed by atoms with Crippen LogP contribution in [0.2, 0.25) is 0 Å². The van der Waals surface area contributed by atoms with Crippen LogP contribution in [0.3, 0.4) is 0 Å². The van der Waals surface area contributed by atoms with Gasteiger partial charge in [-0.2, -0.15) is 0 Å². The number of hydrogen-bond donors (Lipinski definition) is 1. The molecule has 98 valence electrons. The van der Waals surface area contributed by atoms with E-state index in [0.29, 0.717) is 6.54 Å². The Kier molecular flexibility index (Phi) is 3.29. The van der Waals surface area contributed by atoms with Crippen LogP contribution in [0.1, 0.15) is 18.4 Å². The first kappa shape index (κ1) is 11.9. The van der Waals surface area contributed by atoms with E-state index in [0.717, 1.165) is 30.1 Å². The molecule has 5 heteroatoms. The van der Waals surface area contributed by atoms with Gasteiger partial charge in [-0.05, 0) is 19.1 Å². The summed E-state index contributed by atoms with van der Waals surface area (Å²) in [5.41, 5.74) is 3.13. The van der Waals surface area contributed by atoms with Gasteiger partial charge in [-0.3, -0.25) is 0 Å². The summed E-state index contributed by atoms with van der Waals surface area (Å²) in [5.74, 6) is 1.05. The second-order valence-electron chi connectivity index (χ2n) is 4.36. The first-order chi connectivity index (χ1) is 9.38. The number of aryl methyl sites for hydroxylation is 1. The Balaban J connectivity index is 1.76. The van der Waals surface area contributed by atoms with Gasteiger partial charge in [0.1, 0.15) is 12.1 Å². The maximum Gasteiger partial charge on any atom is 0.124 e. The smallest absolute Gasteiger partial charge is 0.124 e. The summed E-state index contributed by atoms with van der Waals surface area (Å²) in [5, 5.41) is 7.20. The van der Waals surface area contributed by atoms with Gasteiger partial charge in [0.2, 0.25) is 0 Å². The Morgan fingerprint density at radius 1 is 1.21 bits per heavy atom. The third kappa shape index (κ3) is 2.37. The summed E-state index contributed by atoms with van der Waals surface area (Å²) in [6.45, 7) is 4.45. The zero-order valence-corrected chi connectivity index (χ0v) is 10.8. The highest BCUT2D eigenvalue weighted by molar-refractivity contribution is 5.75. The van der Waals surface area contributed by atoms with Crippen molar-refractivity contribution in [1.29, 1.82) is 0 Å². The number of benzene rings is 1. The van der Waals surface area contributed by atoms with E-state index in [-0.39, 0.29) is 0 Å². The molecule has 0 amide bonds. The predicted molar refractivity (Wildman–Crippen MR) is 72.5 cm³/mol. The number of imidazole rings is 1. The van der Waals surface area contributed by atoms with Crippen molar-refractivity contribution >= 4 is 11.0 Å². The molecule has 2 aromatic heterocycles. The molecule has 0 spiro atoms. The number of para-hydroxylation sites is 2. The average Bonchev–Trinajstić information content (AvgIpc) is 3.05. The van der Waals surface area contributed by atoms with E-state index in [4.69, 9.17) is 4.52 Å². The number of hydrogen-bond acceptors (Lipinski definition) is 4. The Morgan fingerprint density at radius 3 is 2.89 bits per heavy atom. The molecule has 3 rings (SSSR count). The molecular weight excluding hydrogens is 240 g/mol. The molecule has 0 bridgehead atoms. The Morgan fingerprint density at radius 2 is 2.11 bits per heavy atom. The molecule has 0 unspecified atom stereocenters. The molecular formula is C14H16N4O. The SMILES string of the molecule is CCn1c(CNCc2ccon2)nc2ccccc21. The molecule has 5 nitrogen and oxygen atoms in total. The highest BCUT2D eigenvalue weighted by Crippen LogP contribution is 2.15. The van der Waals surface area contributed by atoms with Crippen LogP contribution in [0, 0.1) is 0 Å². The quantitative estimate of drug-likeness (QED) is 0.761. The van der Waals surface area contributed by atoms with E-state index in [1.165, 1.54) is 5.52 Å². The normalized spacial score (nSPS) is 11.2. The molecule has 0 fully saturated rings. The van der Waals surface area contributed by atoms with Crippen LogP contribution in [0.4, 0.5) is 0 Å². The second-order valence-corrected chi connectivity index (χ2v) is 4.36. The van der Waals surface area contributed by atoms with Crippen molar-refractivity contribution in [3.63, 3.8) is 0 Å². The summed E-state index contributed by atoms with van der Waals surface area (Å²) in [6, 6.07) is 10.1. The second kappa shape index (κ2) is 5.24. The minimum Gasteiger partial charge on any atom is -0.364 e. The van der Waals surface area contributed by atoms with Crippen LogP contribution in [0.25, 0.3) is 11.0 Å². The van der Waals surface area contributed by atoms with E-state index in [1.54, 1.807) is 6.26 Å². The first-order valence-corrected chi connectivity index (χ1v) is 6.42. The molecule has 3 aromatic rings. The van der Waals surface area contributed by atoms with Gasteiger partial charge in [0.05, 0.1) is 23.3 Å². The zero-order chi connectivity index (χ0) is 13.1. The van der Waals surface area contributed by atoms with Gasteiger partial charge < -0.3 is 14.4 Å². The fourth-order valence-corrected chi connectivity index (χ4v) is 2.24. The molecule has 0 saturated carbocycles. The van der Waals surface area contributed by atoms with Crippen LogP contribution < -0.4 is 5.32 Å². The third-order valence-electron chi connectivity index (χ3n) is 3.13. The Labute approximate surface area is 111 Å². The molecule has 0 aliphatic carbocycles. The topological polar surface area (TPSA) is 55.9 Å². The van der Waals surface area contributed by atoms with E-state index < -0.39 is 0 Å². The molecule has 1 N–H and O–H groups in total. The maximum atomic E-state index is 4.80. The average molecular weight is 256 g/mol. The van der Waals surface area contributed by atoms with Crippen molar-refractivity contribution in [2.45, 2.75) is 26.6 Å². The fraction of sp³-hybridized carbons (Fsp3) is 0.286. The number of aromatic nitrogens is 3. The lowest BCUT2D eigenvalue weighted by Gasteiger charge is -2.06. The molecule has 0 aliphatic rings. The summed E-state index contributed by atoms with van der Waals surface area (Å²) in [6.07, 6.45) is 1.58. The zero-order valence-electron chi connectivity index (χ0n) is 10.8. The lowest BCUT2D eigenvalue weighted by Crippen LogP contribution is -2.16. The Bertz CT molecular complexity index is 657. The molecule has 0 atom stereocenters. The van der Waals surface area contributed by atoms with Crippen LogP contribution in [0.15, 0.2) is 41.1 Å². The van der Waals surface area contributed by atoms with Crippen molar-refractivity contribution in [3.8, 4) is 0 Å². The third-order valence-corrected chi connectivity index (χ3v) is 3.13. The molecule has 19 heavy (non-hydrogen) atoms. The first-order valence-electron chi connectivity index (χ1n) is 6.42. The van der Waals surface area contributed by atoms with Gasteiger partial charge in [0, 0.05) is 19.2 Å². The molecule has 0 aliphatic heterocycles. The van der Waals surface area contributed by atoms with Gasteiger partial charge in [0.25, 0.3) is 0 Å². The number of fused-ring (bicyclic) bond motifs is 1. The van der Waals surface area contributed by atoms with Crippen LogP contribution in [0.5, 0.6) is 0 Å². The Hall–Kier alpha value is -2.14. The van der Waals surface area contributed by atoms with Crippen molar-refractivity contribution in [2.75, 3.05) is 0 Å². The summed E-state index contributed by atoms with van der Waals surface area (Å²) in [7, 11) is 0. The summed E-state index contributed by atoms with van der Waals surface area (Å²) >= 11 is 0. The highest BCUT2D eigenvalue weighted by atomic mass is 16.5. The predicted octanol–water partition coefficient (Wildman–Crippen LogP) is 2.33. The molecule has 0 radical (unpaired) electrons. The maximum absolute atomic E-state index is 4.80. The van der Waals surface area contributed by atoms with E-state index in [9.17, 15) is 0 Å².